The predicted octanol–water partition coefficient (Wildman–Crippen LogP) is 26.1. The van der Waals surface area contributed by atoms with E-state index >= 15 is 0 Å². The third kappa shape index (κ3) is 70.6. The second-order valence-electron chi connectivity index (χ2n) is 25.7. The first-order chi connectivity index (χ1) is 40.6. The molecule has 0 aliphatic rings. The van der Waals surface area contributed by atoms with Crippen LogP contribution in [-0.4, -0.2) is 36.4 Å². The molecule has 0 aromatic heterocycles. The summed E-state index contributed by atoms with van der Waals surface area (Å²) >= 11 is 0. The predicted molar refractivity (Wildman–Crippen MR) is 362 cm³/mol. The number of esters is 2. The van der Waals surface area contributed by atoms with E-state index in [0.29, 0.717) is 12.8 Å². The number of rotatable bonds is 71. The van der Waals surface area contributed by atoms with Crippen LogP contribution in [-0.2, 0) is 19.1 Å². The number of aliphatic hydroxyl groups is 1. The minimum Gasteiger partial charge on any atom is -0.462 e. The van der Waals surface area contributed by atoms with Crippen LogP contribution in [0.2, 0.25) is 0 Å². The second kappa shape index (κ2) is 73.4. The van der Waals surface area contributed by atoms with Crippen molar-refractivity contribution in [3.05, 3.63) is 36.5 Å². The number of aliphatic hydroxyl groups excluding tert-OH is 1. The number of allylic oxidation sites excluding steroid dienone is 6. The van der Waals surface area contributed by atoms with Crippen molar-refractivity contribution in [3.63, 3.8) is 0 Å². The molecule has 1 unspecified atom stereocenters. The fourth-order valence-corrected chi connectivity index (χ4v) is 11.8. The Morgan fingerprint density at radius 1 is 0.280 bits per heavy atom. The second-order valence-corrected chi connectivity index (χ2v) is 25.7. The molecule has 0 aliphatic carbocycles. The van der Waals surface area contributed by atoms with Crippen molar-refractivity contribution in [3.8, 4) is 0 Å². The van der Waals surface area contributed by atoms with Gasteiger partial charge in [-0.05, 0) is 51.4 Å². The van der Waals surface area contributed by atoms with E-state index in [1.165, 1.54) is 353 Å². The molecular weight excluding hydrogens is 1000 g/mol. The van der Waals surface area contributed by atoms with E-state index in [1.807, 2.05) is 0 Å². The summed E-state index contributed by atoms with van der Waals surface area (Å²) < 4.78 is 10.8. The normalized spacial score (nSPS) is 12.3. The number of unbranched alkanes of at least 4 members (excludes halogenated alkanes) is 57. The van der Waals surface area contributed by atoms with Crippen molar-refractivity contribution < 1.29 is 24.2 Å². The highest BCUT2D eigenvalue weighted by Crippen LogP contribution is 2.20. The van der Waals surface area contributed by atoms with E-state index < -0.39 is 6.10 Å². The summed E-state index contributed by atoms with van der Waals surface area (Å²) in [5.74, 6) is -0.562. The topological polar surface area (TPSA) is 72.8 Å². The van der Waals surface area contributed by atoms with Crippen LogP contribution in [0.15, 0.2) is 36.5 Å². The zero-order valence-electron chi connectivity index (χ0n) is 55.8. The SMILES string of the molecule is CCCCCCC/C=C\C/C=C\C/C=C\CCCCCCCCCCCCCCCCCCCCCCCCCCC(=O)OC(CO)COC(=O)CCCCCCCCCCCCCCCCCCCCCCCCCCCCCCC. The zero-order valence-corrected chi connectivity index (χ0v) is 55.8. The Balaban J connectivity index is 3.37. The van der Waals surface area contributed by atoms with Crippen molar-refractivity contribution in [1.29, 1.82) is 0 Å². The van der Waals surface area contributed by atoms with Gasteiger partial charge in [0.2, 0.25) is 0 Å². The summed E-state index contributed by atoms with van der Waals surface area (Å²) in [5, 5.41) is 9.71. The molecule has 0 radical (unpaired) electrons. The molecule has 0 heterocycles. The molecule has 0 spiro atoms. The molecule has 0 amide bonds. The van der Waals surface area contributed by atoms with E-state index in [2.05, 4.69) is 50.3 Å². The summed E-state index contributed by atoms with van der Waals surface area (Å²) in [7, 11) is 0. The van der Waals surface area contributed by atoms with Crippen LogP contribution >= 0.6 is 0 Å². The van der Waals surface area contributed by atoms with Crippen LogP contribution in [0.3, 0.4) is 0 Å². The first kappa shape index (κ1) is 80.1. The Bertz CT molecular complexity index is 1300. The molecule has 1 N–H and O–H groups in total. The van der Waals surface area contributed by atoms with Gasteiger partial charge >= 0.3 is 11.9 Å². The summed E-state index contributed by atoms with van der Waals surface area (Å²) in [6.07, 6.45) is 97.9. The number of ether oxygens (including phenoxy) is 2. The molecular formula is C77H146O5. The minimum atomic E-state index is -0.769. The van der Waals surface area contributed by atoms with Crippen molar-refractivity contribution >= 4 is 11.9 Å². The molecule has 5 heteroatoms. The number of carbonyl (C=O) groups is 2. The van der Waals surface area contributed by atoms with Gasteiger partial charge in [0, 0.05) is 12.8 Å². The molecule has 5 nitrogen and oxygen atoms in total. The molecule has 1 atom stereocenters. The molecule has 484 valence electrons. The highest BCUT2D eigenvalue weighted by molar-refractivity contribution is 5.70. The molecule has 0 fully saturated rings. The molecule has 0 bridgehead atoms. The van der Waals surface area contributed by atoms with Gasteiger partial charge in [0.05, 0.1) is 6.61 Å². The Morgan fingerprint density at radius 2 is 0.488 bits per heavy atom. The fourth-order valence-electron chi connectivity index (χ4n) is 11.8. The minimum absolute atomic E-state index is 0.0577. The highest BCUT2D eigenvalue weighted by Gasteiger charge is 2.16. The van der Waals surface area contributed by atoms with Gasteiger partial charge in [0.1, 0.15) is 6.61 Å². The van der Waals surface area contributed by atoms with Crippen molar-refractivity contribution in [2.24, 2.45) is 0 Å². The summed E-state index contributed by atoms with van der Waals surface area (Å²) in [6, 6.07) is 0. The number of carbonyl (C=O) groups excluding carboxylic acids is 2. The zero-order chi connectivity index (χ0) is 59.1. The van der Waals surface area contributed by atoms with E-state index in [4.69, 9.17) is 9.47 Å². The molecule has 0 aromatic rings. The lowest BCUT2D eigenvalue weighted by atomic mass is 10.0. The molecule has 0 saturated carbocycles. The Labute approximate surface area is 514 Å². The average molecular weight is 1150 g/mol. The summed E-state index contributed by atoms with van der Waals surface area (Å²) in [5.41, 5.74) is 0. The smallest absolute Gasteiger partial charge is 0.306 e. The van der Waals surface area contributed by atoms with Crippen molar-refractivity contribution in [2.75, 3.05) is 13.2 Å². The van der Waals surface area contributed by atoms with Gasteiger partial charge in [0.15, 0.2) is 6.10 Å². The van der Waals surface area contributed by atoms with Gasteiger partial charge in [-0.1, -0.05) is 397 Å². The average Bonchev–Trinajstić information content (AvgIpc) is 3.49. The summed E-state index contributed by atoms with van der Waals surface area (Å²) in [4.78, 5) is 24.7. The molecule has 0 aliphatic heterocycles. The highest BCUT2D eigenvalue weighted by atomic mass is 16.6. The van der Waals surface area contributed by atoms with Crippen molar-refractivity contribution in [2.45, 2.75) is 431 Å². The van der Waals surface area contributed by atoms with Crippen molar-refractivity contribution in [1.82, 2.24) is 0 Å². The monoisotopic (exact) mass is 1150 g/mol. The van der Waals surface area contributed by atoms with E-state index in [0.717, 1.165) is 44.9 Å². The fraction of sp³-hybridized carbons (Fsp3) is 0.896. The van der Waals surface area contributed by atoms with Crippen LogP contribution in [0.5, 0.6) is 0 Å². The summed E-state index contributed by atoms with van der Waals surface area (Å²) in [6.45, 7) is 4.20. The third-order valence-corrected chi connectivity index (χ3v) is 17.4. The first-order valence-electron chi connectivity index (χ1n) is 37.5. The maximum Gasteiger partial charge on any atom is 0.306 e. The first-order valence-corrected chi connectivity index (χ1v) is 37.5. The molecule has 0 aromatic carbocycles. The van der Waals surface area contributed by atoms with Crippen LogP contribution in [0.25, 0.3) is 0 Å². The molecule has 82 heavy (non-hydrogen) atoms. The maximum absolute atomic E-state index is 12.4. The lowest BCUT2D eigenvalue weighted by molar-refractivity contribution is -0.161. The lowest BCUT2D eigenvalue weighted by Gasteiger charge is -2.15. The van der Waals surface area contributed by atoms with E-state index in [-0.39, 0.29) is 25.2 Å². The van der Waals surface area contributed by atoms with Gasteiger partial charge in [-0.25, -0.2) is 0 Å². The standard InChI is InChI=1S/C77H146O5/c1-3-5-7-9-11-13-15-17-19-21-23-25-27-29-31-33-34-35-36-37-38-39-40-41-42-44-46-48-50-52-54-56-58-60-62-64-66-68-70-72-77(80)82-75(73-78)74-81-76(79)71-69-67-65-63-61-59-57-55-53-51-49-47-45-43-32-30-28-26-24-22-20-18-16-14-12-10-8-6-4-2/h15,17,21,23,27,29,75,78H,3-14,16,18-20,22,24-26,28,30-74H2,1-2H3/b17-15-,23-21-,29-27-. The molecule has 0 rings (SSSR count). The van der Waals surface area contributed by atoms with Crippen LogP contribution in [0.4, 0.5) is 0 Å². The Hall–Kier alpha value is -1.88. The van der Waals surface area contributed by atoms with Crippen LogP contribution in [0, 0.1) is 0 Å². The number of hydrogen-bond donors (Lipinski definition) is 1. The third-order valence-electron chi connectivity index (χ3n) is 17.4. The van der Waals surface area contributed by atoms with E-state index in [1.54, 1.807) is 0 Å². The van der Waals surface area contributed by atoms with Gasteiger partial charge in [0.25, 0.3) is 0 Å². The van der Waals surface area contributed by atoms with E-state index in [9.17, 15) is 14.7 Å². The lowest BCUT2D eigenvalue weighted by Crippen LogP contribution is -2.28. The van der Waals surface area contributed by atoms with Gasteiger partial charge < -0.3 is 14.6 Å². The van der Waals surface area contributed by atoms with Gasteiger partial charge in [-0.2, -0.15) is 0 Å². The van der Waals surface area contributed by atoms with Crippen LogP contribution < -0.4 is 0 Å². The largest absolute Gasteiger partial charge is 0.462 e. The Kier molecular flexibility index (Phi) is 71.7. The van der Waals surface area contributed by atoms with Gasteiger partial charge in [-0.3, -0.25) is 9.59 Å². The maximum atomic E-state index is 12.4. The van der Waals surface area contributed by atoms with Crippen LogP contribution in [0.1, 0.15) is 425 Å². The Morgan fingerprint density at radius 3 is 0.732 bits per heavy atom. The van der Waals surface area contributed by atoms with Gasteiger partial charge in [-0.15, -0.1) is 0 Å². The quantitative estimate of drug-likeness (QED) is 0.0373. The number of hydrogen-bond acceptors (Lipinski definition) is 5. The molecule has 0 saturated heterocycles.